The van der Waals surface area contributed by atoms with Gasteiger partial charge in [0.1, 0.15) is 0 Å². The molecule has 1 aromatic carbocycles. The van der Waals surface area contributed by atoms with Crippen LogP contribution in [0.15, 0.2) is 41.9 Å². The molecule has 1 N–H and O–H groups in total. The first-order valence-corrected chi connectivity index (χ1v) is 4.26. The molecule has 0 aliphatic rings. The second kappa shape index (κ2) is 4.96. The fourth-order valence-corrected chi connectivity index (χ4v) is 1.09. The first-order chi connectivity index (χ1) is 5.84. The summed E-state index contributed by atoms with van der Waals surface area (Å²) in [7, 11) is 0. The van der Waals surface area contributed by atoms with Gasteiger partial charge in [-0.3, -0.25) is 0 Å². The predicted octanol–water partition coefficient (Wildman–Crippen LogP) is 2.86. The largest absolute Gasteiger partial charge is 0.388 e. The first kappa shape index (κ1) is 9.30. The van der Waals surface area contributed by atoms with Crippen LogP contribution in [-0.2, 0) is 0 Å². The number of rotatable bonds is 3. The van der Waals surface area contributed by atoms with Gasteiger partial charge in [-0.1, -0.05) is 48.0 Å². The topological polar surface area (TPSA) is 20.2 Å². The maximum absolute atomic E-state index is 9.54. The van der Waals surface area contributed by atoms with E-state index in [9.17, 15) is 5.11 Å². The average Bonchev–Trinajstić information content (AvgIpc) is 2.15. The lowest BCUT2D eigenvalue weighted by molar-refractivity contribution is 0.181. The molecule has 0 aliphatic carbocycles. The molecule has 0 saturated heterocycles. The van der Waals surface area contributed by atoms with Crippen molar-refractivity contribution < 1.29 is 5.11 Å². The van der Waals surface area contributed by atoms with E-state index in [1.165, 1.54) is 5.54 Å². The molecule has 1 rings (SSSR count). The molecule has 0 amide bonds. The minimum absolute atomic E-state index is 0.443. The summed E-state index contributed by atoms with van der Waals surface area (Å²) in [5.74, 6) is 0. The van der Waals surface area contributed by atoms with Crippen molar-refractivity contribution in [1.82, 2.24) is 0 Å². The Bertz CT molecular complexity index is 243. The zero-order chi connectivity index (χ0) is 8.81. The number of hydrogen-bond donors (Lipinski definition) is 1. The molecule has 2 heteroatoms. The number of benzene rings is 1. The van der Waals surface area contributed by atoms with Gasteiger partial charge in [0.25, 0.3) is 0 Å². The van der Waals surface area contributed by atoms with Crippen LogP contribution >= 0.6 is 11.6 Å². The quantitative estimate of drug-likeness (QED) is 0.762. The van der Waals surface area contributed by atoms with Crippen LogP contribution in [0.25, 0.3) is 0 Å². The van der Waals surface area contributed by atoms with Crippen molar-refractivity contribution >= 4 is 11.6 Å². The Balaban J connectivity index is 2.59. The predicted molar refractivity (Wildman–Crippen MR) is 51.0 cm³/mol. The maximum Gasteiger partial charge on any atom is 0.0824 e. The molecule has 0 aromatic heterocycles. The number of hydrogen-bond acceptors (Lipinski definition) is 1. The van der Waals surface area contributed by atoms with Gasteiger partial charge >= 0.3 is 0 Å². The van der Waals surface area contributed by atoms with Crippen LogP contribution in [-0.4, -0.2) is 5.11 Å². The summed E-state index contributed by atoms with van der Waals surface area (Å²) in [5, 5.41) is 9.54. The fourth-order valence-electron chi connectivity index (χ4n) is 0.992. The number of aliphatic hydroxyl groups excluding tert-OH is 1. The molecule has 0 bridgehead atoms. The van der Waals surface area contributed by atoms with Gasteiger partial charge in [-0.05, 0) is 12.0 Å². The van der Waals surface area contributed by atoms with Crippen LogP contribution in [0, 0.1) is 0 Å². The third-order valence-electron chi connectivity index (χ3n) is 1.63. The SMILES string of the molecule is OC(C/C=C/Cl)c1ccccc1. The second-order valence-electron chi connectivity index (χ2n) is 2.52. The summed E-state index contributed by atoms with van der Waals surface area (Å²) < 4.78 is 0. The molecule has 0 aliphatic heterocycles. The molecule has 0 fully saturated rings. The minimum Gasteiger partial charge on any atom is -0.388 e. The van der Waals surface area contributed by atoms with Gasteiger partial charge < -0.3 is 5.11 Å². The smallest absolute Gasteiger partial charge is 0.0824 e. The zero-order valence-corrected chi connectivity index (χ0v) is 7.41. The van der Waals surface area contributed by atoms with E-state index in [1.807, 2.05) is 30.3 Å². The van der Waals surface area contributed by atoms with E-state index in [4.69, 9.17) is 11.6 Å². The summed E-state index contributed by atoms with van der Waals surface area (Å²) >= 11 is 5.34. The molecule has 0 heterocycles. The summed E-state index contributed by atoms with van der Waals surface area (Å²) in [6, 6.07) is 9.53. The van der Waals surface area contributed by atoms with Gasteiger partial charge in [-0.2, -0.15) is 0 Å². The Hall–Kier alpha value is -0.790. The number of halogens is 1. The van der Waals surface area contributed by atoms with Crippen molar-refractivity contribution in [2.45, 2.75) is 12.5 Å². The molecule has 1 aromatic rings. The lowest BCUT2D eigenvalue weighted by Gasteiger charge is -2.06. The van der Waals surface area contributed by atoms with Gasteiger partial charge in [0.05, 0.1) is 6.10 Å². The highest BCUT2D eigenvalue weighted by atomic mass is 35.5. The monoisotopic (exact) mass is 182 g/mol. The standard InChI is InChI=1S/C10H11ClO/c11-8-4-7-10(12)9-5-2-1-3-6-9/h1-6,8,10,12H,7H2/b8-4+. The van der Waals surface area contributed by atoms with Gasteiger partial charge in [0.15, 0.2) is 0 Å². The first-order valence-electron chi connectivity index (χ1n) is 3.83. The average molecular weight is 183 g/mol. The Kier molecular flexibility index (Phi) is 3.85. The summed E-state index contributed by atoms with van der Waals surface area (Å²) in [6.07, 6.45) is 1.86. The lowest BCUT2D eigenvalue weighted by Crippen LogP contribution is -1.94. The molecule has 64 valence electrons. The molecule has 0 radical (unpaired) electrons. The van der Waals surface area contributed by atoms with E-state index in [0.717, 1.165) is 5.56 Å². The molecular weight excluding hydrogens is 172 g/mol. The Morgan fingerprint density at radius 2 is 2.00 bits per heavy atom. The van der Waals surface area contributed by atoms with Gasteiger partial charge in [-0.25, -0.2) is 0 Å². The highest BCUT2D eigenvalue weighted by Crippen LogP contribution is 2.15. The fraction of sp³-hybridized carbons (Fsp3) is 0.200. The van der Waals surface area contributed by atoms with Gasteiger partial charge in [-0.15, -0.1) is 0 Å². The third kappa shape index (κ3) is 2.68. The van der Waals surface area contributed by atoms with E-state index < -0.39 is 6.10 Å². The summed E-state index contributed by atoms with van der Waals surface area (Å²) in [6.45, 7) is 0. The number of aliphatic hydroxyl groups is 1. The van der Waals surface area contributed by atoms with Crippen molar-refractivity contribution in [3.05, 3.63) is 47.5 Å². The maximum atomic E-state index is 9.54. The van der Waals surface area contributed by atoms with Gasteiger partial charge in [0.2, 0.25) is 0 Å². The van der Waals surface area contributed by atoms with Crippen molar-refractivity contribution in [3.63, 3.8) is 0 Å². The van der Waals surface area contributed by atoms with Gasteiger partial charge in [0, 0.05) is 5.54 Å². The highest BCUT2D eigenvalue weighted by molar-refractivity contribution is 6.25. The molecule has 0 spiro atoms. The Morgan fingerprint density at radius 3 is 2.58 bits per heavy atom. The van der Waals surface area contributed by atoms with Crippen LogP contribution < -0.4 is 0 Å². The summed E-state index contributed by atoms with van der Waals surface area (Å²) in [4.78, 5) is 0. The van der Waals surface area contributed by atoms with Crippen LogP contribution in [0.1, 0.15) is 18.1 Å². The minimum atomic E-state index is -0.443. The van der Waals surface area contributed by atoms with Crippen LogP contribution in [0.2, 0.25) is 0 Å². The van der Waals surface area contributed by atoms with Crippen LogP contribution in [0.4, 0.5) is 0 Å². The molecule has 0 saturated carbocycles. The van der Waals surface area contributed by atoms with E-state index in [1.54, 1.807) is 6.08 Å². The second-order valence-corrected chi connectivity index (χ2v) is 2.78. The Labute approximate surface area is 77.3 Å². The third-order valence-corrected chi connectivity index (χ3v) is 1.81. The Morgan fingerprint density at radius 1 is 1.33 bits per heavy atom. The van der Waals surface area contributed by atoms with E-state index >= 15 is 0 Å². The molecule has 12 heavy (non-hydrogen) atoms. The van der Waals surface area contributed by atoms with Crippen molar-refractivity contribution in [2.24, 2.45) is 0 Å². The van der Waals surface area contributed by atoms with Crippen molar-refractivity contribution in [3.8, 4) is 0 Å². The zero-order valence-electron chi connectivity index (χ0n) is 6.65. The van der Waals surface area contributed by atoms with E-state index in [0.29, 0.717) is 6.42 Å². The van der Waals surface area contributed by atoms with Crippen molar-refractivity contribution in [1.29, 1.82) is 0 Å². The van der Waals surface area contributed by atoms with Crippen LogP contribution in [0.5, 0.6) is 0 Å². The normalized spacial score (nSPS) is 13.5. The molecule has 1 unspecified atom stereocenters. The van der Waals surface area contributed by atoms with Crippen molar-refractivity contribution in [2.75, 3.05) is 0 Å². The molecule has 1 nitrogen and oxygen atoms in total. The molecule has 1 atom stereocenters. The molecular formula is C10H11ClO. The summed E-state index contributed by atoms with van der Waals surface area (Å²) in [5.41, 5.74) is 2.35. The lowest BCUT2D eigenvalue weighted by atomic mass is 10.1. The van der Waals surface area contributed by atoms with Crippen LogP contribution in [0.3, 0.4) is 0 Å². The van der Waals surface area contributed by atoms with E-state index in [-0.39, 0.29) is 0 Å². The van der Waals surface area contributed by atoms with E-state index in [2.05, 4.69) is 0 Å². The highest BCUT2D eigenvalue weighted by Gasteiger charge is 2.02.